The van der Waals surface area contributed by atoms with Crippen LogP contribution in [0.5, 0.6) is 0 Å². The van der Waals surface area contributed by atoms with E-state index in [4.69, 9.17) is 0 Å². The summed E-state index contributed by atoms with van der Waals surface area (Å²) in [6.07, 6.45) is 0. The van der Waals surface area contributed by atoms with Crippen LogP contribution in [-0.4, -0.2) is 74.5 Å². The average molecular weight is 270 g/mol. The second-order valence-corrected chi connectivity index (χ2v) is 4.98. The van der Waals surface area contributed by atoms with Gasteiger partial charge >= 0.3 is 0 Å². The van der Waals surface area contributed by atoms with Gasteiger partial charge in [0.05, 0.1) is 6.54 Å². The van der Waals surface area contributed by atoms with Crippen molar-refractivity contribution in [1.29, 1.82) is 0 Å². The second-order valence-electron chi connectivity index (χ2n) is 4.98. The normalized spacial score (nSPS) is 18.2. The highest BCUT2D eigenvalue weighted by Crippen LogP contribution is 2.07. The highest BCUT2D eigenvalue weighted by atomic mass is 16.2. The number of nitrogens with one attached hydrogen (secondary N) is 2. The Hall–Kier alpha value is -1.14. The molecule has 2 amide bonds. The quantitative estimate of drug-likeness (QED) is 0.658. The van der Waals surface area contributed by atoms with Crippen molar-refractivity contribution in [3.8, 4) is 0 Å². The van der Waals surface area contributed by atoms with Crippen molar-refractivity contribution in [2.45, 2.75) is 13.8 Å². The molecule has 0 saturated carbocycles. The number of rotatable bonds is 6. The van der Waals surface area contributed by atoms with Crippen LogP contribution in [-0.2, 0) is 9.59 Å². The lowest BCUT2D eigenvalue weighted by atomic mass is 10.1. The number of nitrogens with zero attached hydrogens (tertiary/aromatic N) is 2. The van der Waals surface area contributed by atoms with Gasteiger partial charge in [-0.3, -0.25) is 14.5 Å². The molecule has 1 atom stereocenters. The summed E-state index contributed by atoms with van der Waals surface area (Å²) in [5, 5.41) is 5.82. The fourth-order valence-electron chi connectivity index (χ4n) is 2.17. The molecule has 0 aromatic carbocycles. The average Bonchev–Trinajstić information content (AvgIpc) is 2.44. The van der Waals surface area contributed by atoms with Crippen LogP contribution < -0.4 is 10.6 Å². The maximum absolute atomic E-state index is 12.2. The van der Waals surface area contributed by atoms with Crippen LogP contribution in [0.25, 0.3) is 0 Å². The Labute approximate surface area is 115 Å². The summed E-state index contributed by atoms with van der Waals surface area (Å²) in [7, 11) is 1.64. The van der Waals surface area contributed by atoms with Crippen LogP contribution in [0.1, 0.15) is 13.8 Å². The van der Waals surface area contributed by atoms with E-state index >= 15 is 0 Å². The van der Waals surface area contributed by atoms with Gasteiger partial charge in [0.15, 0.2) is 0 Å². The lowest BCUT2D eigenvalue weighted by molar-refractivity contribution is -0.136. The maximum Gasteiger partial charge on any atom is 0.233 e. The zero-order chi connectivity index (χ0) is 14.3. The molecule has 1 aliphatic heterocycles. The number of carbonyl (C=O) groups is 2. The number of likely N-dealkylation sites (N-methyl/N-ethyl adjacent to an activating group) is 1. The van der Waals surface area contributed by atoms with Crippen molar-refractivity contribution in [3.63, 3.8) is 0 Å². The second kappa shape index (κ2) is 8.12. The molecule has 1 saturated heterocycles. The molecule has 0 aliphatic carbocycles. The van der Waals surface area contributed by atoms with Crippen molar-refractivity contribution in [2.75, 3.05) is 52.9 Å². The lowest BCUT2D eigenvalue weighted by Crippen LogP contribution is -2.52. The van der Waals surface area contributed by atoms with Crippen LogP contribution in [0, 0.1) is 5.92 Å². The van der Waals surface area contributed by atoms with E-state index < -0.39 is 0 Å². The van der Waals surface area contributed by atoms with Crippen LogP contribution in [0.2, 0.25) is 0 Å². The predicted molar refractivity (Wildman–Crippen MR) is 74.8 cm³/mol. The minimum atomic E-state index is 0.0189. The molecule has 1 heterocycles. The molecule has 1 aliphatic rings. The fourth-order valence-corrected chi connectivity index (χ4v) is 2.17. The van der Waals surface area contributed by atoms with Gasteiger partial charge in [-0.05, 0) is 6.54 Å². The number of hydrogen-bond donors (Lipinski definition) is 2. The van der Waals surface area contributed by atoms with Crippen LogP contribution in [0.4, 0.5) is 0 Å². The van der Waals surface area contributed by atoms with E-state index in [1.54, 1.807) is 7.05 Å². The van der Waals surface area contributed by atoms with Gasteiger partial charge in [-0.1, -0.05) is 13.8 Å². The Balaban J connectivity index is 2.32. The standard InChI is InChI=1S/C13H26N4O2/c1-4-15-9-11(2)13(19)17-7-5-16(6-8-17)10-12(18)14-3/h11,15H,4-10H2,1-3H3,(H,14,18). The summed E-state index contributed by atoms with van der Waals surface area (Å²) in [6, 6.07) is 0. The topological polar surface area (TPSA) is 64.7 Å². The number of carbonyl (C=O) groups excluding carboxylic acids is 2. The predicted octanol–water partition coefficient (Wildman–Crippen LogP) is -0.878. The molecule has 6 nitrogen and oxygen atoms in total. The molecule has 0 spiro atoms. The number of amides is 2. The molecule has 0 radical (unpaired) electrons. The number of piperazine rings is 1. The summed E-state index contributed by atoms with van der Waals surface area (Å²) in [6.45, 7) is 9.01. The minimum Gasteiger partial charge on any atom is -0.358 e. The molecule has 2 N–H and O–H groups in total. The molecule has 1 unspecified atom stereocenters. The molecule has 0 aromatic heterocycles. The summed E-state index contributed by atoms with van der Waals surface area (Å²) in [5.74, 6) is 0.256. The van der Waals surface area contributed by atoms with E-state index in [1.165, 1.54) is 0 Å². The van der Waals surface area contributed by atoms with Crippen LogP contribution >= 0.6 is 0 Å². The first-order chi connectivity index (χ1) is 9.08. The van der Waals surface area contributed by atoms with Crippen molar-refractivity contribution in [3.05, 3.63) is 0 Å². The van der Waals surface area contributed by atoms with Crippen LogP contribution in [0.3, 0.4) is 0 Å². The summed E-state index contributed by atoms with van der Waals surface area (Å²) in [4.78, 5) is 27.4. The van der Waals surface area contributed by atoms with Crippen molar-refractivity contribution < 1.29 is 9.59 Å². The zero-order valence-corrected chi connectivity index (χ0v) is 12.2. The summed E-state index contributed by atoms with van der Waals surface area (Å²) in [5.41, 5.74) is 0. The highest BCUT2D eigenvalue weighted by molar-refractivity contribution is 5.79. The first-order valence-corrected chi connectivity index (χ1v) is 7.01. The van der Waals surface area contributed by atoms with Crippen LogP contribution in [0.15, 0.2) is 0 Å². The molecule has 1 fully saturated rings. The molecular weight excluding hydrogens is 244 g/mol. The van der Waals surface area contributed by atoms with Gasteiger partial charge in [-0.2, -0.15) is 0 Å². The Morgan fingerprint density at radius 3 is 2.37 bits per heavy atom. The molecule has 110 valence electrons. The lowest BCUT2D eigenvalue weighted by Gasteiger charge is -2.35. The molecular formula is C13H26N4O2. The van der Waals surface area contributed by atoms with Gasteiger partial charge in [0.1, 0.15) is 0 Å². The first kappa shape index (κ1) is 15.9. The third-order valence-electron chi connectivity index (χ3n) is 3.45. The Morgan fingerprint density at radius 2 is 1.84 bits per heavy atom. The Kier molecular flexibility index (Phi) is 6.80. The minimum absolute atomic E-state index is 0.0189. The third-order valence-corrected chi connectivity index (χ3v) is 3.45. The van der Waals surface area contributed by atoms with E-state index in [-0.39, 0.29) is 17.7 Å². The molecule has 0 bridgehead atoms. The van der Waals surface area contributed by atoms with E-state index in [0.717, 1.165) is 26.2 Å². The molecule has 1 rings (SSSR count). The Bertz CT molecular complexity index is 301. The van der Waals surface area contributed by atoms with E-state index in [9.17, 15) is 9.59 Å². The number of hydrogen-bond acceptors (Lipinski definition) is 4. The van der Waals surface area contributed by atoms with Gasteiger partial charge in [0.2, 0.25) is 11.8 Å². The van der Waals surface area contributed by atoms with E-state index in [1.807, 2.05) is 18.7 Å². The molecule has 6 heteroatoms. The SMILES string of the molecule is CCNCC(C)C(=O)N1CCN(CC(=O)NC)CC1. The van der Waals surface area contributed by atoms with Gasteiger partial charge < -0.3 is 15.5 Å². The summed E-state index contributed by atoms with van der Waals surface area (Å²) < 4.78 is 0. The van der Waals surface area contributed by atoms with Crippen molar-refractivity contribution in [1.82, 2.24) is 20.4 Å². The van der Waals surface area contributed by atoms with E-state index in [0.29, 0.717) is 19.6 Å². The van der Waals surface area contributed by atoms with Gasteiger partial charge in [0.25, 0.3) is 0 Å². The Morgan fingerprint density at radius 1 is 1.21 bits per heavy atom. The zero-order valence-electron chi connectivity index (χ0n) is 12.2. The van der Waals surface area contributed by atoms with Gasteiger partial charge in [-0.25, -0.2) is 0 Å². The molecule has 0 aromatic rings. The first-order valence-electron chi connectivity index (χ1n) is 7.01. The summed E-state index contributed by atoms with van der Waals surface area (Å²) >= 11 is 0. The van der Waals surface area contributed by atoms with Crippen molar-refractivity contribution in [2.24, 2.45) is 5.92 Å². The van der Waals surface area contributed by atoms with E-state index in [2.05, 4.69) is 15.5 Å². The third kappa shape index (κ3) is 5.16. The smallest absolute Gasteiger partial charge is 0.233 e. The highest BCUT2D eigenvalue weighted by Gasteiger charge is 2.25. The largest absolute Gasteiger partial charge is 0.358 e. The molecule has 19 heavy (non-hydrogen) atoms. The van der Waals surface area contributed by atoms with Crippen molar-refractivity contribution >= 4 is 11.8 Å². The fraction of sp³-hybridized carbons (Fsp3) is 0.846. The van der Waals surface area contributed by atoms with Gasteiger partial charge in [-0.15, -0.1) is 0 Å². The monoisotopic (exact) mass is 270 g/mol. The maximum atomic E-state index is 12.2. The van der Waals surface area contributed by atoms with Gasteiger partial charge in [0, 0.05) is 45.7 Å².